The Balaban J connectivity index is 1.57. The predicted octanol–water partition coefficient (Wildman–Crippen LogP) is 1.60. The van der Waals surface area contributed by atoms with Gasteiger partial charge >= 0.3 is 0 Å². The van der Waals surface area contributed by atoms with E-state index in [1.54, 1.807) is 36.3 Å². The van der Waals surface area contributed by atoms with Crippen molar-refractivity contribution in [2.45, 2.75) is 45.2 Å². The van der Waals surface area contributed by atoms with E-state index in [2.05, 4.69) is 19.2 Å². The van der Waals surface area contributed by atoms with Gasteiger partial charge in [0.25, 0.3) is 5.91 Å². The van der Waals surface area contributed by atoms with Gasteiger partial charge in [-0.2, -0.15) is 0 Å². The molecule has 0 aromatic heterocycles. The van der Waals surface area contributed by atoms with E-state index in [9.17, 15) is 14.4 Å². The van der Waals surface area contributed by atoms with Crippen LogP contribution < -0.4 is 10.1 Å². The van der Waals surface area contributed by atoms with Crippen molar-refractivity contribution >= 4 is 17.7 Å². The third kappa shape index (κ3) is 5.32. The lowest BCUT2D eigenvalue weighted by Crippen LogP contribution is -2.53. The molecule has 1 aliphatic carbocycles. The van der Waals surface area contributed by atoms with Crippen LogP contribution in [-0.4, -0.2) is 90.9 Å². The van der Waals surface area contributed by atoms with Gasteiger partial charge in [0.2, 0.25) is 11.8 Å². The molecule has 3 aliphatic rings. The Bertz CT molecular complexity index is 862. The average Bonchev–Trinajstić information content (AvgIpc) is 3.60. The zero-order chi connectivity index (χ0) is 23.5. The van der Waals surface area contributed by atoms with Crippen LogP contribution in [0.15, 0.2) is 24.3 Å². The first-order valence-corrected chi connectivity index (χ1v) is 12.1. The molecule has 0 bridgehead atoms. The predicted molar refractivity (Wildman–Crippen MR) is 125 cm³/mol. The van der Waals surface area contributed by atoms with Crippen molar-refractivity contribution in [1.82, 2.24) is 20.0 Å². The molecule has 1 N–H and O–H groups in total. The van der Waals surface area contributed by atoms with Gasteiger partial charge in [-0.05, 0) is 49.4 Å². The highest BCUT2D eigenvalue weighted by atomic mass is 16.5. The summed E-state index contributed by atoms with van der Waals surface area (Å²) in [6.45, 7) is 8.03. The van der Waals surface area contributed by atoms with Crippen molar-refractivity contribution in [1.29, 1.82) is 0 Å². The van der Waals surface area contributed by atoms with E-state index in [1.165, 1.54) is 0 Å². The third-order valence-corrected chi connectivity index (χ3v) is 6.80. The highest BCUT2D eigenvalue weighted by Crippen LogP contribution is 2.35. The SMILES string of the molecule is COc1ccc(C(=O)N(CC(C)C)C2CC(C(=O)N3CCNCC3)N(C(=O)C3CC3)C2)cc1. The zero-order valence-corrected chi connectivity index (χ0v) is 20.0. The number of nitrogens with zero attached hydrogens (tertiary/aromatic N) is 3. The first-order chi connectivity index (χ1) is 15.9. The van der Waals surface area contributed by atoms with E-state index in [0.29, 0.717) is 43.9 Å². The van der Waals surface area contributed by atoms with Crippen LogP contribution in [0.4, 0.5) is 0 Å². The van der Waals surface area contributed by atoms with Crippen molar-refractivity contribution in [2.75, 3.05) is 46.4 Å². The number of likely N-dealkylation sites (tertiary alicyclic amines) is 1. The topological polar surface area (TPSA) is 82.2 Å². The van der Waals surface area contributed by atoms with Gasteiger partial charge in [0.1, 0.15) is 11.8 Å². The number of benzene rings is 1. The van der Waals surface area contributed by atoms with Crippen LogP contribution in [0.5, 0.6) is 5.75 Å². The second-order valence-corrected chi connectivity index (χ2v) is 9.83. The number of amides is 3. The summed E-state index contributed by atoms with van der Waals surface area (Å²) in [6.07, 6.45) is 2.29. The van der Waals surface area contributed by atoms with E-state index < -0.39 is 6.04 Å². The van der Waals surface area contributed by atoms with E-state index in [4.69, 9.17) is 4.74 Å². The molecule has 1 aromatic carbocycles. The summed E-state index contributed by atoms with van der Waals surface area (Å²) in [5.41, 5.74) is 0.591. The zero-order valence-electron chi connectivity index (χ0n) is 20.0. The molecule has 3 fully saturated rings. The van der Waals surface area contributed by atoms with Gasteiger partial charge in [0, 0.05) is 50.7 Å². The Labute approximate surface area is 196 Å². The van der Waals surface area contributed by atoms with Crippen molar-refractivity contribution in [3.63, 3.8) is 0 Å². The molecular formula is C25H36N4O4. The van der Waals surface area contributed by atoms with Gasteiger partial charge in [-0.1, -0.05) is 13.8 Å². The molecule has 2 unspecified atom stereocenters. The summed E-state index contributed by atoms with van der Waals surface area (Å²) in [7, 11) is 1.60. The Kier molecular flexibility index (Phi) is 7.22. The van der Waals surface area contributed by atoms with Crippen molar-refractivity contribution in [3.05, 3.63) is 29.8 Å². The smallest absolute Gasteiger partial charge is 0.254 e. The lowest BCUT2D eigenvalue weighted by Gasteiger charge is -2.32. The van der Waals surface area contributed by atoms with E-state index >= 15 is 0 Å². The highest BCUT2D eigenvalue weighted by molar-refractivity contribution is 5.95. The molecular weight excluding hydrogens is 420 g/mol. The molecule has 8 heteroatoms. The fourth-order valence-corrected chi connectivity index (χ4v) is 4.87. The largest absolute Gasteiger partial charge is 0.497 e. The quantitative estimate of drug-likeness (QED) is 0.674. The van der Waals surface area contributed by atoms with Crippen molar-refractivity contribution in [2.24, 2.45) is 11.8 Å². The second-order valence-electron chi connectivity index (χ2n) is 9.83. The summed E-state index contributed by atoms with van der Waals surface area (Å²) in [4.78, 5) is 45.7. The van der Waals surface area contributed by atoms with Gasteiger partial charge in [0.15, 0.2) is 0 Å². The molecule has 180 valence electrons. The maximum Gasteiger partial charge on any atom is 0.254 e. The summed E-state index contributed by atoms with van der Waals surface area (Å²) < 4.78 is 5.22. The number of methoxy groups -OCH3 is 1. The van der Waals surface area contributed by atoms with Crippen LogP contribution in [0, 0.1) is 11.8 Å². The van der Waals surface area contributed by atoms with E-state index in [-0.39, 0.29) is 35.6 Å². The number of nitrogens with one attached hydrogen (secondary N) is 1. The molecule has 3 amide bonds. The standard InChI is InChI=1S/C25H36N4O4/c1-17(2)15-28(23(30)19-6-8-21(33-3)9-7-19)20-14-22(25(32)27-12-10-26-11-13-27)29(16-20)24(31)18-4-5-18/h6-9,17-18,20,22,26H,4-5,10-16H2,1-3H3. The molecule has 1 saturated carbocycles. The van der Waals surface area contributed by atoms with Gasteiger partial charge in [-0.25, -0.2) is 0 Å². The maximum absolute atomic E-state index is 13.5. The Morgan fingerprint density at radius 1 is 1.09 bits per heavy atom. The number of carbonyl (C=O) groups is 3. The lowest BCUT2D eigenvalue weighted by molar-refractivity contribution is -0.144. The monoisotopic (exact) mass is 456 g/mol. The minimum absolute atomic E-state index is 0.0226. The molecule has 0 radical (unpaired) electrons. The summed E-state index contributed by atoms with van der Waals surface area (Å²) in [6, 6.07) is 6.46. The molecule has 33 heavy (non-hydrogen) atoms. The number of ether oxygens (including phenoxy) is 1. The fraction of sp³-hybridized carbons (Fsp3) is 0.640. The number of hydrogen-bond acceptors (Lipinski definition) is 5. The van der Waals surface area contributed by atoms with Gasteiger partial charge in [-0.3, -0.25) is 14.4 Å². The minimum atomic E-state index is -0.487. The van der Waals surface area contributed by atoms with Crippen LogP contribution >= 0.6 is 0 Å². The molecule has 4 rings (SSSR count). The average molecular weight is 457 g/mol. The second kappa shape index (κ2) is 10.1. The Morgan fingerprint density at radius 3 is 2.33 bits per heavy atom. The van der Waals surface area contributed by atoms with Crippen LogP contribution in [0.25, 0.3) is 0 Å². The highest BCUT2D eigenvalue weighted by Gasteiger charge is 2.47. The molecule has 2 heterocycles. The van der Waals surface area contributed by atoms with Crippen molar-refractivity contribution in [3.8, 4) is 5.75 Å². The summed E-state index contributed by atoms with van der Waals surface area (Å²) in [5.74, 6) is 1.04. The van der Waals surface area contributed by atoms with Crippen molar-refractivity contribution < 1.29 is 19.1 Å². The van der Waals surface area contributed by atoms with E-state index in [0.717, 1.165) is 25.9 Å². The van der Waals surface area contributed by atoms with Gasteiger partial charge in [0.05, 0.1) is 13.2 Å². The van der Waals surface area contributed by atoms with Gasteiger partial charge < -0.3 is 24.8 Å². The first kappa shape index (κ1) is 23.5. The van der Waals surface area contributed by atoms with Crippen LogP contribution in [0.3, 0.4) is 0 Å². The van der Waals surface area contributed by atoms with Gasteiger partial charge in [-0.15, -0.1) is 0 Å². The lowest BCUT2D eigenvalue weighted by atomic mass is 10.1. The molecule has 0 spiro atoms. The van der Waals surface area contributed by atoms with Crippen LogP contribution in [-0.2, 0) is 9.59 Å². The van der Waals surface area contributed by atoms with Crippen LogP contribution in [0.2, 0.25) is 0 Å². The minimum Gasteiger partial charge on any atom is -0.497 e. The fourth-order valence-electron chi connectivity index (χ4n) is 4.87. The Hall–Kier alpha value is -2.61. The first-order valence-electron chi connectivity index (χ1n) is 12.1. The Morgan fingerprint density at radius 2 is 1.76 bits per heavy atom. The number of rotatable bonds is 7. The number of hydrogen-bond donors (Lipinski definition) is 1. The molecule has 1 aromatic rings. The maximum atomic E-state index is 13.5. The number of carbonyl (C=O) groups excluding carboxylic acids is 3. The number of piperazine rings is 1. The third-order valence-electron chi connectivity index (χ3n) is 6.80. The van der Waals surface area contributed by atoms with E-state index in [1.807, 2.05) is 9.80 Å². The normalized spacial score (nSPS) is 23.0. The summed E-state index contributed by atoms with van der Waals surface area (Å²) >= 11 is 0. The molecule has 8 nitrogen and oxygen atoms in total. The summed E-state index contributed by atoms with van der Waals surface area (Å²) in [5, 5.41) is 3.28. The molecule has 2 atom stereocenters. The molecule has 2 saturated heterocycles. The molecule has 2 aliphatic heterocycles. The van der Waals surface area contributed by atoms with Crippen LogP contribution in [0.1, 0.15) is 43.5 Å².